The molecule has 0 radical (unpaired) electrons. The maximum absolute atomic E-state index is 12.5. The molecule has 0 saturated carbocycles. The standard InChI is InChI=1S/C13H20N2O5S2/c1-3-14(4-2)21(16,17)12-7-5-8-13(11-12)22(18,19)15-9-6-10-20-15/h5,7-8,11H,3-4,6,9-10H2,1-2H3. The van der Waals surface area contributed by atoms with Gasteiger partial charge in [-0.25, -0.2) is 16.8 Å². The van der Waals surface area contributed by atoms with Gasteiger partial charge in [-0.3, -0.25) is 4.84 Å². The van der Waals surface area contributed by atoms with E-state index >= 15 is 0 Å². The molecule has 0 bridgehead atoms. The molecule has 1 aliphatic heterocycles. The molecule has 1 heterocycles. The highest BCUT2D eigenvalue weighted by atomic mass is 32.2. The summed E-state index contributed by atoms with van der Waals surface area (Å²) >= 11 is 0. The Balaban J connectivity index is 2.43. The quantitative estimate of drug-likeness (QED) is 0.767. The van der Waals surface area contributed by atoms with Crippen molar-refractivity contribution in [3.8, 4) is 0 Å². The molecule has 0 aliphatic carbocycles. The fourth-order valence-electron chi connectivity index (χ4n) is 2.24. The summed E-state index contributed by atoms with van der Waals surface area (Å²) in [5.74, 6) is 0. The van der Waals surface area contributed by atoms with Gasteiger partial charge in [0, 0.05) is 19.6 Å². The zero-order chi connectivity index (χ0) is 16.4. The van der Waals surface area contributed by atoms with E-state index in [4.69, 9.17) is 4.84 Å². The van der Waals surface area contributed by atoms with E-state index in [2.05, 4.69) is 0 Å². The maximum atomic E-state index is 12.5. The molecule has 1 saturated heterocycles. The zero-order valence-electron chi connectivity index (χ0n) is 12.6. The minimum Gasteiger partial charge on any atom is -0.284 e. The summed E-state index contributed by atoms with van der Waals surface area (Å²) in [6.45, 7) is 4.74. The van der Waals surface area contributed by atoms with Gasteiger partial charge in [0.2, 0.25) is 10.0 Å². The van der Waals surface area contributed by atoms with Crippen molar-refractivity contribution in [2.24, 2.45) is 0 Å². The third-order valence-electron chi connectivity index (χ3n) is 3.43. The van der Waals surface area contributed by atoms with Crippen molar-refractivity contribution in [1.82, 2.24) is 8.77 Å². The molecule has 1 aromatic carbocycles. The zero-order valence-corrected chi connectivity index (χ0v) is 14.2. The second kappa shape index (κ2) is 6.63. The summed E-state index contributed by atoms with van der Waals surface area (Å²) in [6.07, 6.45) is 0.622. The smallest absolute Gasteiger partial charge is 0.265 e. The second-order valence-electron chi connectivity index (χ2n) is 4.78. The molecule has 0 unspecified atom stereocenters. The Labute approximate surface area is 131 Å². The number of nitrogens with zero attached hydrogens (tertiary/aromatic N) is 2. The Morgan fingerprint density at radius 2 is 1.77 bits per heavy atom. The lowest BCUT2D eigenvalue weighted by Gasteiger charge is -2.19. The van der Waals surface area contributed by atoms with Gasteiger partial charge in [-0.2, -0.15) is 4.31 Å². The summed E-state index contributed by atoms with van der Waals surface area (Å²) in [5, 5.41) is 0. The first kappa shape index (κ1) is 17.4. The lowest BCUT2D eigenvalue weighted by Crippen LogP contribution is -2.31. The Morgan fingerprint density at radius 1 is 1.14 bits per heavy atom. The molecule has 1 aromatic rings. The number of benzene rings is 1. The van der Waals surface area contributed by atoms with Crippen molar-refractivity contribution in [2.45, 2.75) is 30.1 Å². The van der Waals surface area contributed by atoms with Crippen LogP contribution in [0.1, 0.15) is 20.3 Å². The predicted molar refractivity (Wildman–Crippen MR) is 81.0 cm³/mol. The average Bonchev–Trinajstić information content (AvgIpc) is 3.03. The van der Waals surface area contributed by atoms with Gasteiger partial charge in [0.1, 0.15) is 0 Å². The molecule has 124 valence electrons. The largest absolute Gasteiger partial charge is 0.284 e. The Bertz CT molecular complexity index is 673. The van der Waals surface area contributed by atoms with Crippen LogP contribution in [0.2, 0.25) is 0 Å². The first-order valence-electron chi connectivity index (χ1n) is 7.10. The van der Waals surface area contributed by atoms with Crippen molar-refractivity contribution in [1.29, 1.82) is 0 Å². The average molecular weight is 348 g/mol. The van der Waals surface area contributed by atoms with E-state index in [1.165, 1.54) is 28.6 Å². The second-order valence-corrected chi connectivity index (χ2v) is 8.55. The molecule has 22 heavy (non-hydrogen) atoms. The number of rotatable bonds is 6. The molecule has 1 fully saturated rings. The van der Waals surface area contributed by atoms with Crippen molar-refractivity contribution in [3.63, 3.8) is 0 Å². The molecule has 1 aliphatic rings. The lowest BCUT2D eigenvalue weighted by atomic mass is 10.4. The molecule has 0 amide bonds. The van der Waals surface area contributed by atoms with Gasteiger partial charge >= 0.3 is 0 Å². The van der Waals surface area contributed by atoms with Crippen LogP contribution in [0.3, 0.4) is 0 Å². The fourth-order valence-corrected chi connectivity index (χ4v) is 5.16. The minimum atomic E-state index is -3.83. The molecule has 0 spiro atoms. The summed E-state index contributed by atoms with van der Waals surface area (Å²) in [5.41, 5.74) is 0. The Hall–Kier alpha value is -1.00. The van der Waals surface area contributed by atoms with Gasteiger partial charge in [-0.05, 0) is 24.6 Å². The van der Waals surface area contributed by atoms with Crippen LogP contribution in [-0.4, -0.2) is 51.9 Å². The van der Waals surface area contributed by atoms with Crippen molar-refractivity contribution in [2.75, 3.05) is 26.2 Å². The molecule has 7 nitrogen and oxygen atoms in total. The van der Waals surface area contributed by atoms with Crippen LogP contribution in [0, 0.1) is 0 Å². The van der Waals surface area contributed by atoms with Crippen LogP contribution >= 0.6 is 0 Å². The van der Waals surface area contributed by atoms with E-state index in [-0.39, 0.29) is 16.3 Å². The van der Waals surface area contributed by atoms with Crippen LogP contribution < -0.4 is 0 Å². The van der Waals surface area contributed by atoms with Crippen LogP contribution in [0.4, 0.5) is 0 Å². The van der Waals surface area contributed by atoms with Crippen LogP contribution in [0.25, 0.3) is 0 Å². The highest BCUT2D eigenvalue weighted by molar-refractivity contribution is 7.90. The van der Waals surface area contributed by atoms with Gasteiger partial charge < -0.3 is 0 Å². The third-order valence-corrected chi connectivity index (χ3v) is 7.15. The highest BCUT2D eigenvalue weighted by Crippen LogP contribution is 2.23. The first-order chi connectivity index (χ1) is 10.3. The van der Waals surface area contributed by atoms with Gasteiger partial charge in [0.05, 0.1) is 16.4 Å². The number of hydrogen-bond acceptors (Lipinski definition) is 5. The minimum absolute atomic E-state index is 0.0310. The summed E-state index contributed by atoms with van der Waals surface area (Å²) in [6, 6.07) is 5.39. The van der Waals surface area contributed by atoms with E-state index in [0.29, 0.717) is 26.1 Å². The van der Waals surface area contributed by atoms with Gasteiger partial charge in [-0.15, -0.1) is 0 Å². The first-order valence-corrected chi connectivity index (χ1v) is 9.98. The summed E-state index contributed by atoms with van der Waals surface area (Å²) < 4.78 is 52.0. The van der Waals surface area contributed by atoms with E-state index < -0.39 is 20.0 Å². The highest BCUT2D eigenvalue weighted by Gasteiger charge is 2.30. The number of sulfonamides is 2. The van der Waals surface area contributed by atoms with E-state index in [1.54, 1.807) is 13.8 Å². The van der Waals surface area contributed by atoms with Crippen molar-refractivity contribution >= 4 is 20.0 Å². The summed E-state index contributed by atoms with van der Waals surface area (Å²) in [7, 11) is -7.53. The normalized spacial score (nSPS) is 17.2. The van der Waals surface area contributed by atoms with E-state index in [9.17, 15) is 16.8 Å². The van der Waals surface area contributed by atoms with Crippen LogP contribution in [0.15, 0.2) is 34.1 Å². The molecule has 0 atom stereocenters. The SMILES string of the molecule is CCN(CC)S(=O)(=O)c1cccc(S(=O)(=O)N2CCCO2)c1. The lowest BCUT2D eigenvalue weighted by molar-refractivity contribution is -0.0284. The number of hydrogen-bond donors (Lipinski definition) is 0. The Kier molecular flexibility index (Phi) is 5.23. The number of hydroxylamine groups is 1. The van der Waals surface area contributed by atoms with Crippen molar-refractivity contribution in [3.05, 3.63) is 24.3 Å². The monoisotopic (exact) mass is 348 g/mol. The molecule has 0 N–H and O–H groups in total. The fraction of sp³-hybridized carbons (Fsp3) is 0.538. The topological polar surface area (TPSA) is 84.0 Å². The maximum Gasteiger partial charge on any atom is 0.265 e. The molecular formula is C13H20N2O5S2. The molecular weight excluding hydrogens is 328 g/mol. The third kappa shape index (κ3) is 3.18. The molecule has 2 rings (SSSR count). The van der Waals surface area contributed by atoms with E-state index in [0.717, 1.165) is 4.47 Å². The van der Waals surface area contributed by atoms with E-state index in [1.807, 2.05) is 0 Å². The van der Waals surface area contributed by atoms with Crippen LogP contribution in [-0.2, 0) is 24.9 Å². The van der Waals surface area contributed by atoms with Gasteiger partial charge in [0.25, 0.3) is 10.0 Å². The predicted octanol–water partition coefficient (Wildman–Crippen LogP) is 1.04. The van der Waals surface area contributed by atoms with Gasteiger partial charge in [0.15, 0.2) is 0 Å². The molecule has 0 aromatic heterocycles. The van der Waals surface area contributed by atoms with Gasteiger partial charge in [-0.1, -0.05) is 24.4 Å². The summed E-state index contributed by atoms with van der Waals surface area (Å²) in [4.78, 5) is 4.96. The van der Waals surface area contributed by atoms with Crippen molar-refractivity contribution < 1.29 is 21.7 Å². The van der Waals surface area contributed by atoms with Crippen LogP contribution in [0.5, 0.6) is 0 Å². The Morgan fingerprint density at radius 3 is 2.32 bits per heavy atom. The molecule has 9 heteroatoms.